The Kier molecular flexibility index (Phi) is 4.07. The second kappa shape index (κ2) is 6.51. The number of rotatable bonds is 6. The lowest BCUT2D eigenvalue weighted by atomic mass is 10.1. The highest BCUT2D eigenvalue weighted by atomic mass is 16.1. The van der Waals surface area contributed by atoms with E-state index in [0.717, 1.165) is 25.8 Å². The molecule has 0 saturated heterocycles. The number of para-hydroxylation sites is 1. The van der Waals surface area contributed by atoms with Crippen molar-refractivity contribution in [1.29, 1.82) is 0 Å². The van der Waals surface area contributed by atoms with Crippen LogP contribution in [0.25, 0.3) is 10.9 Å². The number of benzene rings is 1. The molecule has 1 aliphatic rings. The van der Waals surface area contributed by atoms with E-state index in [1.807, 2.05) is 10.8 Å². The Morgan fingerprint density at radius 3 is 3.04 bits per heavy atom. The van der Waals surface area contributed by atoms with Crippen molar-refractivity contribution in [2.45, 2.75) is 38.8 Å². The predicted octanol–water partition coefficient (Wildman–Crippen LogP) is 2.53. The van der Waals surface area contributed by atoms with Crippen molar-refractivity contribution in [3.05, 3.63) is 54.2 Å². The van der Waals surface area contributed by atoms with Crippen LogP contribution < -0.4 is 5.32 Å². The van der Waals surface area contributed by atoms with Gasteiger partial charge in [-0.1, -0.05) is 18.2 Å². The van der Waals surface area contributed by atoms with Gasteiger partial charge in [0.1, 0.15) is 6.54 Å². The lowest BCUT2D eigenvalue weighted by Gasteiger charge is -2.10. The van der Waals surface area contributed by atoms with Crippen LogP contribution in [0.2, 0.25) is 0 Å². The monoisotopic (exact) mass is 322 g/mol. The molecule has 0 spiro atoms. The number of aryl methyl sites for hydroxylation is 2. The number of nitrogens with zero attached hydrogens (tertiary/aromatic N) is 3. The third-order valence-electron chi connectivity index (χ3n) is 4.81. The average Bonchev–Trinajstić information content (AvgIpc) is 3.31. The summed E-state index contributed by atoms with van der Waals surface area (Å²) in [4.78, 5) is 16.4. The SMILES string of the molecule is O=C(Cn1c2c(c3ccccc31)CCC2)NCCCn1ccnc1. The molecule has 0 fully saturated rings. The van der Waals surface area contributed by atoms with E-state index >= 15 is 0 Å². The molecule has 124 valence electrons. The molecule has 0 unspecified atom stereocenters. The molecule has 5 nitrogen and oxygen atoms in total. The number of carbonyl (C=O) groups is 1. The summed E-state index contributed by atoms with van der Waals surface area (Å²) in [5, 5.41) is 4.36. The van der Waals surface area contributed by atoms with Crippen molar-refractivity contribution in [1.82, 2.24) is 19.4 Å². The summed E-state index contributed by atoms with van der Waals surface area (Å²) in [6.07, 6.45) is 9.84. The molecule has 0 saturated carbocycles. The van der Waals surface area contributed by atoms with Gasteiger partial charge in [0.05, 0.1) is 6.33 Å². The number of aromatic nitrogens is 3. The Bertz CT molecular complexity index is 848. The molecule has 0 aliphatic heterocycles. The summed E-state index contributed by atoms with van der Waals surface area (Å²) in [5.41, 5.74) is 3.99. The van der Waals surface area contributed by atoms with E-state index in [0.29, 0.717) is 13.1 Å². The molecule has 0 atom stereocenters. The first-order chi connectivity index (χ1) is 11.8. The zero-order chi connectivity index (χ0) is 16.4. The van der Waals surface area contributed by atoms with Crippen LogP contribution in [0.15, 0.2) is 43.0 Å². The minimum absolute atomic E-state index is 0.0936. The van der Waals surface area contributed by atoms with Crippen molar-refractivity contribution in [2.75, 3.05) is 6.54 Å². The standard InChI is InChI=1S/C19H22N4O/c24-19(21-9-4-11-22-12-10-20-14-22)13-23-17-7-2-1-5-15(17)16-6-3-8-18(16)23/h1-2,5,7,10,12,14H,3-4,6,8-9,11,13H2,(H,21,24). The third-order valence-corrected chi connectivity index (χ3v) is 4.81. The van der Waals surface area contributed by atoms with E-state index in [4.69, 9.17) is 0 Å². The Morgan fingerprint density at radius 1 is 1.25 bits per heavy atom. The minimum Gasteiger partial charge on any atom is -0.354 e. The van der Waals surface area contributed by atoms with Crippen molar-refractivity contribution in [3.63, 3.8) is 0 Å². The van der Waals surface area contributed by atoms with Crippen LogP contribution in [0, 0.1) is 0 Å². The van der Waals surface area contributed by atoms with E-state index < -0.39 is 0 Å². The highest BCUT2D eigenvalue weighted by Gasteiger charge is 2.21. The maximum atomic E-state index is 12.4. The summed E-state index contributed by atoms with van der Waals surface area (Å²) in [6.45, 7) is 1.99. The maximum Gasteiger partial charge on any atom is 0.239 e. The molecule has 4 rings (SSSR count). The lowest BCUT2D eigenvalue weighted by Crippen LogP contribution is -2.29. The smallest absolute Gasteiger partial charge is 0.239 e. The van der Waals surface area contributed by atoms with Gasteiger partial charge in [-0.25, -0.2) is 4.98 Å². The zero-order valence-electron chi connectivity index (χ0n) is 13.7. The molecule has 2 aromatic heterocycles. The fourth-order valence-electron chi connectivity index (χ4n) is 3.71. The molecule has 0 radical (unpaired) electrons. The molecule has 0 bridgehead atoms. The van der Waals surface area contributed by atoms with Gasteiger partial charge in [-0.2, -0.15) is 0 Å². The highest BCUT2D eigenvalue weighted by molar-refractivity contribution is 5.88. The Morgan fingerprint density at radius 2 is 2.17 bits per heavy atom. The zero-order valence-corrected chi connectivity index (χ0v) is 13.7. The van der Waals surface area contributed by atoms with Crippen LogP contribution in [0.4, 0.5) is 0 Å². The number of carbonyl (C=O) groups excluding carboxylic acids is 1. The van der Waals surface area contributed by atoms with Crippen LogP contribution >= 0.6 is 0 Å². The van der Waals surface area contributed by atoms with Crippen LogP contribution in [-0.2, 0) is 30.7 Å². The number of fused-ring (bicyclic) bond motifs is 3. The maximum absolute atomic E-state index is 12.4. The minimum atomic E-state index is 0.0936. The quantitative estimate of drug-likeness (QED) is 0.709. The Balaban J connectivity index is 1.40. The molecule has 1 aromatic carbocycles. The number of hydrogen-bond acceptors (Lipinski definition) is 2. The largest absolute Gasteiger partial charge is 0.354 e. The first kappa shape index (κ1) is 15.0. The summed E-state index contributed by atoms with van der Waals surface area (Å²) >= 11 is 0. The molecule has 5 heteroatoms. The Labute approximate surface area is 141 Å². The van der Waals surface area contributed by atoms with Gasteiger partial charge < -0.3 is 14.5 Å². The van der Waals surface area contributed by atoms with Gasteiger partial charge in [-0.05, 0) is 37.3 Å². The van der Waals surface area contributed by atoms with Gasteiger partial charge in [-0.3, -0.25) is 4.79 Å². The first-order valence-corrected chi connectivity index (χ1v) is 8.64. The van der Waals surface area contributed by atoms with Gasteiger partial charge in [0.15, 0.2) is 0 Å². The topological polar surface area (TPSA) is 51.9 Å². The van der Waals surface area contributed by atoms with E-state index in [2.05, 4.69) is 39.1 Å². The van der Waals surface area contributed by atoms with Crippen LogP contribution in [0.1, 0.15) is 24.1 Å². The molecule has 24 heavy (non-hydrogen) atoms. The molecule has 3 aromatic rings. The number of hydrogen-bond donors (Lipinski definition) is 1. The van der Waals surface area contributed by atoms with Gasteiger partial charge in [-0.15, -0.1) is 0 Å². The summed E-state index contributed by atoms with van der Waals surface area (Å²) in [6, 6.07) is 8.44. The van der Waals surface area contributed by atoms with E-state index in [-0.39, 0.29) is 5.91 Å². The van der Waals surface area contributed by atoms with Gasteiger partial charge in [0.2, 0.25) is 5.91 Å². The number of amides is 1. The first-order valence-electron chi connectivity index (χ1n) is 8.64. The fourth-order valence-corrected chi connectivity index (χ4v) is 3.71. The summed E-state index contributed by atoms with van der Waals surface area (Å²) < 4.78 is 4.24. The predicted molar refractivity (Wildman–Crippen MR) is 93.8 cm³/mol. The summed E-state index contributed by atoms with van der Waals surface area (Å²) in [7, 11) is 0. The molecule has 1 aliphatic carbocycles. The van der Waals surface area contributed by atoms with Gasteiger partial charge in [0, 0.05) is 42.1 Å². The van der Waals surface area contributed by atoms with Gasteiger partial charge >= 0.3 is 0 Å². The molecular weight excluding hydrogens is 300 g/mol. The molecular formula is C19H22N4O. The fraction of sp³-hybridized carbons (Fsp3) is 0.368. The lowest BCUT2D eigenvalue weighted by molar-refractivity contribution is -0.121. The van der Waals surface area contributed by atoms with Crippen LogP contribution in [0.3, 0.4) is 0 Å². The van der Waals surface area contributed by atoms with Gasteiger partial charge in [0.25, 0.3) is 0 Å². The number of nitrogens with one attached hydrogen (secondary N) is 1. The summed E-state index contributed by atoms with van der Waals surface area (Å²) in [5.74, 6) is 0.0936. The van der Waals surface area contributed by atoms with Crippen molar-refractivity contribution >= 4 is 16.8 Å². The van der Waals surface area contributed by atoms with Crippen molar-refractivity contribution < 1.29 is 4.79 Å². The van der Waals surface area contributed by atoms with Crippen LogP contribution in [0.5, 0.6) is 0 Å². The third kappa shape index (κ3) is 2.82. The second-order valence-electron chi connectivity index (χ2n) is 6.39. The van der Waals surface area contributed by atoms with Crippen LogP contribution in [-0.4, -0.2) is 26.6 Å². The second-order valence-corrected chi connectivity index (χ2v) is 6.39. The molecule has 2 heterocycles. The molecule has 1 N–H and O–H groups in total. The normalized spacial score (nSPS) is 13.3. The highest BCUT2D eigenvalue weighted by Crippen LogP contribution is 2.32. The molecule has 1 amide bonds. The van der Waals surface area contributed by atoms with Crippen molar-refractivity contribution in [3.8, 4) is 0 Å². The number of imidazole rings is 1. The van der Waals surface area contributed by atoms with E-state index in [1.54, 1.807) is 12.5 Å². The Hall–Kier alpha value is -2.56. The van der Waals surface area contributed by atoms with E-state index in [1.165, 1.54) is 28.6 Å². The van der Waals surface area contributed by atoms with Crippen molar-refractivity contribution in [2.24, 2.45) is 0 Å². The average molecular weight is 322 g/mol. The van der Waals surface area contributed by atoms with E-state index in [9.17, 15) is 4.79 Å².